The van der Waals surface area contributed by atoms with Gasteiger partial charge in [-0.2, -0.15) is 0 Å². The Kier molecular flexibility index (Phi) is 6.05. The van der Waals surface area contributed by atoms with Crippen LogP contribution in [0.2, 0.25) is 0 Å². The Morgan fingerprint density at radius 1 is 1.41 bits per heavy atom. The van der Waals surface area contributed by atoms with Crippen molar-refractivity contribution in [3.8, 4) is 0 Å². The fraction of sp³-hybridized carbons (Fsp3) is 0.455. The number of aromatic nitrogens is 2. The molecule has 1 unspecified atom stereocenters. The van der Waals surface area contributed by atoms with Gasteiger partial charge in [0, 0.05) is 23.0 Å². The van der Waals surface area contributed by atoms with E-state index in [0.29, 0.717) is 6.04 Å². The molecule has 0 aliphatic rings. The molecule has 2 rings (SSSR count). The molecular weight excluding hydrogens is 274 g/mol. The molecule has 0 aromatic carbocycles. The summed E-state index contributed by atoms with van der Waals surface area (Å²) in [4.78, 5) is 8.78. The van der Waals surface area contributed by atoms with E-state index in [9.17, 15) is 0 Å². The van der Waals surface area contributed by atoms with Crippen LogP contribution in [0.4, 0.5) is 0 Å². The molecule has 0 aliphatic carbocycles. The van der Waals surface area contributed by atoms with Crippen LogP contribution in [0.25, 0.3) is 0 Å². The molecule has 0 radical (unpaired) electrons. The molecule has 2 heterocycles. The van der Waals surface area contributed by atoms with E-state index < -0.39 is 0 Å². The Morgan fingerprint density at radius 2 is 2.24 bits per heavy atom. The summed E-state index contributed by atoms with van der Waals surface area (Å²) >= 11 is 3.36. The summed E-state index contributed by atoms with van der Waals surface area (Å²) in [5.74, 6) is 0. The van der Waals surface area contributed by atoms with E-state index in [1.165, 1.54) is 5.01 Å². The van der Waals surface area contributed by atoms with Crippen molar-refractivity contribution in [2.75, 3.05) is 0 Å². The van der Waals surface area contributed by atoms with E-state index in [2.05, 4.69) is 33.0 Å². The second kappa shape index (κ2) is 7.06. The van der Waals surface area contributed by atoms with Gasteiger partial charge in [0.15, 0.2) is 0 Å². The van der Waals surface area contributed by atoms with Gasteiger partial charge in [-0.15, -0.1) is 35.1 Å². The summed E-state index contributed by atoms with van der Waals surface area (Å²) < 4.78 is 0. The highest BCUT2D eigenvalue weighted by molar-refractivity contribution is 7.09. The summed E-state index contributed by atoms with van der Waals surface area (Å²) in [6, 6.07) is 0.348. The van der Waals surface area contributed by atoms with Crippen molar-refractivity contribution >= 4 is 35.1 Å². The Bertz CT molecular complexity index is 428. The minimum atomic E-state index is 0. The molecule has 2 aromatic heterocycles. The molecular formula is C11H16ClN3S2. The number of aryl methyl sites for hydroxylation is 1. The summed E-state index contributed by atoms with van der Waals surface area (Å²) in [6.07, 6.45) is 1.05. The zero-order valence-electron chi connectivity index (χ0n) is 9.84. The van der Waals surface area contributed by atoms with E-state index >= 15 is 0 Å². The minimum absolute atomic E-state index is 0. The summed E-state index contributed by atoms with van der Waals surface area (Å²) in [6.45, 7) is 5.03. The standard InChI is InChI=1S/C11H15N3S2.ClH/c1-3-10(11-14-8(2)5-16-11)12-4-9-6-15-7-13-9;/h5-7,10,12H,3-4H2,1-2H3;1H. The minimum Gasteiger partial charge on any atom is -0.302 e. The normalized spacial score (nSPS) is 12.1. The van der Waals surface area contributed by atoms with E-state index in [4.69, 9.17) is 0 Å². The lowest BCUT2D eigenvalue weighted by atomic mass is 10.2. The maximum absolute atomic E-state index is 4.52. The SMILES string of the molecule is CCC(NCc1cscn1)c1nc(C)cs1.Cl. The lowest BCUT2D eigenvalue weighted by Gasteiger charge is -2.13. The molecule has 0 saturated carbocycles. The molecule has 1 atom stereocenters. The first-order chi connectivity index (χ1) is 7.79. The fourth-order valence-corrected chi connectivity index (χ4v) is 3.00. The van der Waals surface area contributed by atoms with Crippen LogP contribution in [0.5, 0.6) is 0 Å². The molecule has 17 heavy (non-hydrogen) atoms. The van der Waals surface area contributed by atoms with Gasteiger partial charge in [-0.3, -0.25) is 0 Å². The molecule has 1 N–H and O–H groups in total. The lowest BCUT2D eigenvalue weighted by molar-refractivity contribution is 0.512. The van der Waals surface area contributed by atoms with Gasteiger partial charge in [0.05, 0.1) is 17.2 Å². The third-order valence-corrected chi connectivity index (χ3v) is 4.07. The average molecular weight is 290 g/mol. The first-order valence-corrected chi connectivity index (χ1v) is 7.14. The van der Waals surface area contributed by atoms with E-state index in [1.54, 1.807) is 22.7 Å². The van der Waals surface area contributed by atoms with Crippen LogP contribution in [-0.4, -0.2) is 9.97 Å². The van der Waals surface area contributed by atoms with Gasteiger partial charge in [0.1, 0.15) is 5.01 Å². The monoisotopic (exact) mass is 289 g/mol. The van der Waals surface area contributed by atoms with Gasteiger partial charge in [-0.05, 0) is 13.3 Å². The van der Waals surface area contributed by atoms with E-state index in [0.717, 1.165) is 24.4 Å². The molecule has 2 aromatic rings. The van der Waals surface area contributed by atoms with E-state index in [-0.39, 0.29) is 12.4 Å². The molecule has 0 bridgehead atoms. The van der Waals surface area contributed by atoms with Crippen LogP contribution in [-0.2, 0) is 6.54 Å². The fourth-order valence-electron chi connectivity index (χ4n) is 1.49. The Morgan fingerprint density at radius 3 is 2.76 bits per heavy atom. The second-order valence-corrected chi connectivity index (χ2v) is 5.26. The maximum atomic E-state index is 4.52. The van der Waals surface area contributed by atoms with Crippen molar-refractivity contribution in [1.29, 1.82) is 0 Å². The van der Waals surface area contributed by atoms with Crippen LogP contribution < -0.4 is 5.32 Å². The lowest BCUT2D eigenvalue weighted by Crippen LogP contribution is -2.20. The number of rotatable bonds is 5. The first kappa shape index (κ1) is 14.6. The summed E-state index contributed by atoms with van der Waals surface area (Å²) in [5, 5.41) is 8.85. The van der Waals surface area contributed by atoms with Crippen molar-refractivity contribution in [1.82, 2.24) is 15.3 Å². The molecule has 0 saturated heterocycles. The molecule has 6 heteroatoms. The van der Waals surface area contributed by atoms with Gasteiger partial charge < -0.3 is 5.32 Å². The van der Waals surface area contributed by atoms with Gasteiger partial charge in [0.2, 0.25) is 0 Å². The second-order valence-electron chi connectivity index (χ2n) is 3.65. The van der Waals surface area contributed by atoms with Crippen molar-refractivity contribution in [2.45, 2.75) is 32.9 Å². The first-order valence-electron chi connectivity index (χ1n) is 5.32. The maximum Gasteiger partial charge on any atom is 0.110 e. The number of hydrogen-bond donors (Lipinski definition) is 1. The van der Waals surface area contributed by atoms with Crippen LogP contribution in [0, 0.1) is 6.92 Å². The molecule has 94 valence electrons. The van der Waals surface area contributed by atoms with Crippen LogP contribution in [0.1, 0.15) is 35.8 Å². The van der Waals surface area contributed by atoms with Crippen molar-refractivity contribution < 1.29 is 0 Å². The van der Waals surface area contributed by atoms with Gasteiger partial charge in [-0.1, -0.05) is 6.92 Å². The van der Waals surface area contributed by atoms with Crippen LogP contribution >= 0.6 is 35.1 Å². The molecule has 0 fully saturated rings. The van der Waals surface area contributed by atoms with Gasteiger partial charge in [0.25, 0.3) is 0 Å². The highest BCUT2D eigenvalue weighted by Gasteiger charge is 2.12. The van der Waals surface area contributed by atoms with Gasteiger partial charge in [-0.25, -0.2) is 9.97 Å². The number of halogens is 1. The quantitative estimate of drug-likeness (QED) is 0.914. The van der Waals surface area contributed by atoms with Crippen LogP contribution in [0.15, 0.2) is 16.3 Å². The number of nitrogens with zero attached hydrogens (tertiary/aromatic N) is 2. The Balaban J connectivity index is 0.00000144. The molecule has 0 aliphatic heterocycles. The number of nitrogens with one attached hydrogen (secondary N) is 1. The molecule has 3 nitrogen and oxygen atoms in total. The van der Waals surface area contributed by atoms with Crippen molar-refractivity contribution in [3.63, 3.8) is 0 Å². The topological polar surface area (TPSA) is 37.8 Å². The number of thiazole rings is 2. The average Bonchev–Trinajstić information content (AvgIpc) is 2.91. The predicted octanol–water partition coefficient (Wildman–Crippen LogP) is 3.57. The third kappa shape index (κ3) is 4.03. The largest absolute Gasteiger partial charge is 0.302 e. The smallest absolute Gasteiger partial charge is 0.110 e. The zero-order valence-corrected chi connectivity index (χ0v) is 12.3. The number of hydrogen-bond acceptors (Lipinski definition) is 5. The zero-order chi connectivity index (χ0) is 11.4. The molecule has 0 amide bonds. The van der Waals surface area contributed by atoms with Crippen molar-refractivity contribution in [2.24, 2.45) is 0 Å². The molecule has 0 spiro atoms. The summed E-state index contributed by atoms with van der Waals surface area (Å²) in [5.41, 5.74) is 4.08. The highest BCUT2D eigenvalue weighted by atomic mass is 35.5. The predicted molar refractivity (Wildman–Crippen MR) is 76.1 cm³/mol. The van der Waals surface area contributed by atoms with Gasteiger partial charge >= 0.3 is 0 Å². The Labute approximate surface area is 116 Å². The van der Waals surface area contributed by atoms with Crippen LogP contribution in [0.3, 0.4) is 0 Å². The highest BCUT2D eigenvalue weighted by Crippen LogP contribution is 2.21. The summed E-state index contributed by atoms with van der Waals surface area (Å²) in [7, 11) is 0. The third-order valence-electron chi connectivity index (χ3n) is 2.36. The van der Waals surface area contributed by atoms with Crippen molar-refractivity contribution in [3.05, 3.63) is 32.7 Å². The van der Waals surface area contributed by atoms with E-state index in [1.807, 2.05) is 12.4 Å². The Hall–Kier alpha value is -0.490.